The predicted octanol–water partition coefficient (Wildman–Crippen LogP) is 3.52. The molecule has 1 atom stereocenters. The van der Waals surface area contributed by atoms with Crippen LogP contribution in [0.5, 0.6) is 0 Å². The van der Waals surface area contributed by atoms with Gasteiger partial charge in [0.1, 0.15) is 11.6 Å². The van der Waals surface area contributed by atoms with Gasteiger partial charge in [-0.05, 0) is 36.2 Å². The summed E-state index contributed by atoms with van der Waals surface area (Å²) in [6.07, 6.45) is 1.89. The molecule has 1 aliphatic heterocycles. The summed E-state index contributed by atoms with van der Waals surface area (Å²) in [4.78, 5) is 1.84. The monoisotopic (exact) mass is 299 g/mol. The lowest BCUT2D eigenvalue weighted by atomic mass is 9.83. The molecule has 1 N–H and O–H groups in total. The summed E-state index contributed by atoms with van der Waals surface area (Å²) >= 11 is 0. The second-order valence-electron chi connectivity index (χ2n) is 5.48. The van der Waals surface area contributed by atoms with Gasteiger partial charge in [0.15, 0.2) is 0 Å². The third-order valence-electron chi connectivity index (χ3n) is 3.96. The summed E-state index contributed by atoms with van der Waals surface area (Å²) in [5.74, 6) is -0.920. The standard InChI is InChI=1S/C17H16BF2NO/c1-18(22)21-11-13(15-10-14(19)7-8-16(15)20)9-17(21)12-5-3-2-4-6-12/h2-10,17,22H,11H2,1H3. The molecule has 0 bridgehead atoms. The summed E-state index contributed by atoms with van der Waals surface area (Å²) in [5, 5.41) is 10.00. The predicted molar refractivity (Wildman–Crippen MR) is 84.1 cm³/mol. The number of hydrogen-bond donors (Lipinski definition) is 1. The number of halogens is 2. The van der Waals surface area contributed by atoms with E-state index in [4.69, 9.17) is 0 Å². The molecule has 1 heterocycles. The van der Waals surface area contributed by atoms with Crippen LogP contribution in [0.25, 0.3) is 5.57 Å². The van der Waals surface area contributed by atoms with Crippen LogP contribution in [0, 0.1) is 11.6 Å². The minimum atomic E-state index is -0.685. The van der Waals surface area contributed by atoms with Gasteiger partial charge < -0.3 is 9.83 Å². The molecular weight excluding hydrogens is 283 g/mol. The lowest BCUT2D eigenvalue weighted by Gasteiger charge is -2.25. The van der Waals surface area contributed by atoms with Crippen LogP contribution >= 0.6 is 0 Å². The summed E-state index contributed by atoms with van der Waals surface area (Å²) in [5.41, 5.74) is 1.95. The molecule has 0 saturated carbocycles. The number of hydrogen-bond acceptors (Lipinski definition) is 2. The first kappa shape index (κ1) is 14.9. The maximum absolute atomic E-state index is 14.0. The van der Waals surface area contributed by atoms with Gasteiger partial charge in [-0.3, -0.25) is 0 Å². The largest absolute Gasteiger partial charge is 0.437 e. The van der Waals surface area contributed by atoms with Gasteiger partial charge in [0.25, 0.3) is 0 Å². The van der Waals surface area contributed by atoms with Crippen LogP contribution in [-0.4, -0.2) is 23.4 Å². The van der Waals surface area contributed by atoms with E-state index in [0.717, 1.165) is 17.7 Å². The van der Waals surface area contributed by atoms with E-state index in [1.165, 1.54) is 6.07 Å². The summed E-state index contributed by atoms with van der Waals surface area (Å²) < 4.78 is 27.4. The molecule has 0 fully saturated rings. The third kappa shape index (κ3) is 2.82. The fraction of sp³-hybridized carbons (Fsp3) is 0.176. The fourth-order valence-electron chi connectivity index (χ4n) is 2.86. The van der Waals surface area contributed by atoms with Gasteiger partial charge in [-0.1, -0.05) is 36.4 Å². The Kier molecular flexibility index (Phi) is 4.09. The lowest BCUT2D eigenvalue weighted by molar-refractivity contribution is 0.371. The van der Waals surface area contributed by atoms with Crippen molar-refractivity contribution in [1.29, 1.82) is 0 Å². The minimum absolute atomic E-state index is 0.154. The van der Waals surface area contributed by atoms with Crippen molar-refractivity contribution in [3.8, 4) is 0 Å². The van der Waals surface area contributed by atoms with Crippen molar-refractivity contribution in [2.45, 2.75) is 12.9 Å². The molecule has 0 spiro atoms. The Morgan fingerprint density at radius 1 is 1.14 bits per heavy atom. The first-order chi connectivity index (χ1) is 10.6. The maximum Gasteiger partial charge on any atom is 0.377 e. The average molecular weight is 299 g/mol. The van der Waals surface area contributed by atoms with Crippen molar-refractivity contribution in [1.82, 2.24) is 4.81 Å². The van der Waals surface area contributed by atoms with Crippen molar-refractivity contribution in [2.24, 2.45) is 0 Å². The Morgan fingerprint density at radius 2 is 1.86 bits per heavy atom. The summed E-state index contributed by atoms with van der Waals surface area (Å²) in [6, 6.07) is 13.0. The van der Waals surface area contributed by atoms with Crippen molar-refractivity contribution in [2.75, 3.05) is 6.54 Å². The third-order valence-corrected chi connectivity index (χ3v) is 3.96. The van der Waals surface area contributed by atoms with Crippen LogP contribution in [0.3, 0.4) is 0 Å². The van der Waals surface area contributed by atoms with E-state index in [-0.39, 0.29) is 11.6 Å². The van der Waals surface area contributed by atoms with Gasteiger partial charge in [0.05, 0.1) is 0 Å². The molecule has 0 radical (unpaired) electrons. The van der Waals surface area contributed by atoms with E-state index in [1.54, 1.807) is 6.82 Å². The summed E-state index contributed by atoms with van der Waals surface area (Å²) in [7, 11) is -0.685. The van der Waals surface area contributed by atoms with Gasteiger partial charge >= 0.3 is 7.05 Å². The van der Waals surface area contributed by atoms with Gasteiger partial charge in [-0.2, -0.15) is 0 Å². The van der Waals surface area contributed by atoms with E-state index >= 15 is 0 Å². The summed E-state index contributed by atoms with van der Waals surface area (Å²) in [6.45, 7) is 2.05. The normalized spacial score (nSPS) is 18.4. The topological polar surface area (TPSA) is 23.5 Å². The van der Waals surface area contributed by atoms with Crippen molar-refractivity contribution < 1.29 is 13.8 Å². The molecule has 0 amide bonds. The number of rotatable bonds is 3. The molecular formula is C17H16BF2NO. The Bertz CT molecular complexity index is 703. The maximum atomic E-state index is 14.0. The zero-order chi connectivity index (χ0) is 15.7. The molecule has 2 aromatic carbocycles. The Labute approximate surface area is 128 Å². The molecule has 5 heteroatoms. The van der Waals surface area contributed by atoms with Gasteiger partial charge in [0.2, 0.25) is 0 Å². The Hall–Kier alpha value is -1.98. The highest BCUT2D eigenvalue weighted by Gasteiger charge is 2.32. The van der Waals surface area contributed by atoms with E-state index in [1.807, 2.05) is 41.2 Å². The second kappa shape index (κ2) is 6.03. The zero-order valence-corrected chi connectivity index (χ0v) is 12.2. The molecule has 0 saturated heterocycles. The minimum Gasteiger partial charge on any atom is -0.437 e. The van der Waals surface area contributed by atoms with Crippen LogP contribution in [-0.2, 0) is 0 Å². The van der Waals surface area contributed by atoms with Gasteiger partial charge in [-0.15, -0.1) is 0 Å². The Balaban J connectivity index is 2.01. The van der Waals surface area contributed by atoms with Gasteiger partial charge in [-0.25, -0.2) is 8.78 Å². The molecule has 3 rings (SSSR count). The highest BCUT2D eigenvalue weighted by atomic mass is 19.1. The zero-order valence-electron chi connectivity index (χ0n) is 12.2. The van der Waals surface area contributed by atoms with E-state index in [9.17, 15) is 13.8 Å². The van der Waals surface area contributed by atoms with Crippen LogP contribution in [0.4, 0.5) is 8.78 Å². The van der Waals surface area contributed by atoms with Crippen LogP contribution in [0.15, 0.2) is 54.6 Å². The van der Waals surface area contributed by atoms with Gasteiger partial charge in [0, 0.05) is 18.2 Å². The lowest BCUT2D eigenvalue weighted by Crippen LogP contribution is -2.37. The first-order valence-corrected chi connectivity index (χ1v) is 7.21. The van der Waals surface area contributed by atoms with Crippen molar-refractivity contribution >= 4 is 12.6 Å². The molecule has 2 aromatic rings. The van der Waals surface area contributed by atoms with Crippen LogP contribution in [0.2, 0.25) is 6.82 Å². The molecule has 0 aliphatic carbocycles. The molecule has 1 unspecified atom stereocenters. The smallest absolute Gasteiger partial charge is 0.377 e. The first-order valence-electron chi connectivity index (χ1n) is 7.21. The molecule has 1 aliphatic rings. The van der Waals surface area contributed by atoms with Crippen LogP contribution in [0.1, 0.15) is 17.2 Å². The molecule has 0 aromatic heterocycles. The highest BCUT2D eigenvalue weighted by Crippen LogP contribution is 2.35. The van der Waals surface area contributed by atoms with E-state index in [0.29, 0.717) is 12.1 Å². The van der Waals surface area contributed by atoms with E-state index < -0.39 is 18.7 Å². The average Bonchev–Trinajstić information content (AvgIpc) is 2.96. The Morgan fingerprint density at radius 3 is 2.55 bits per heavy atom. The molecule has 112 valence electrons. The fourth-order valence-corrected chi connectivity index (χ4v) is 2.86. The molecule has 2 nitrogen and oxygen atoms in total. The second-order valence-corrected chi connectivity index (χ2v) is 5.48. The highest BCUT2D eigenvalue weighted by molar-refractivity contribution is 6.45. The number of nitrogens with zero attached hydrogens (tertiary/aromatic N) is 1. The molecule has 22 heavy (non-hydrogen) atoms. The van der Waals surface area contributed by atoms with Crippen molar-refractivity contribution in [3.63, 3.8) is 0 Å². The van der Waals surface area contributed by atoms with E-state index in [2.05, 4.69) is 0 Å². The SMILES string of the molecule is CB(O)N1CC(c2cc(F)ccc2F)=CC1c1ccccc1. The van der Waals surface area contributed by atoms with Crippen LogP contribution < -0.4 is 0 Å². The quantitative estimate of drug-likeness (QED) is 0.877. The number of benzene rings is 2. The van der Waals surface area contributed by atoms with Crippen molar-refractivity contribution in [3.05, 3.63) is 77.4 Å².